The van der Waals surface area contributed by atoms with Gasteiger partial charge in [0.15, 0.2) is 0 Å². The van der Waals surface area contributed by atoms with E-state index in [4.69, 9.17) is 0 Å². The molecule has 0 bridgehead atoms. The Morgan fingerprint density at radius 2 is 2.21 bits per heavy atom. The molecule has 0 amide bonds. The van der Waals surface area contributed by atoms with Gasteiger partial charge in [0.1, 0.15) is 0 Å². The van der Waals surface area contributed by atoms with Gasteiger partial charge in [-0.05, 0) is 38.6 Å². The minimum absolute atomic E-state index is 0.563. The molecule has 19 heavy (non-hydrogen) atoms. The van der Waals surface area contributed by atoms with Gasteiger partial charge in [0.25, 0.3) is 0 Å². The van der Waals surface area contributed by atoms with Crippen LogP contribution in [0.2, 0.25) is 0 Å². The molecule has 4 heteroatoms. The smallest absolute Gasteiger partial charge is 0.0912 e. The van der Waals surface area contributed by atoms with Gasteiger partial charge in [0.05, 0.1) is 11.3 Å². The van der Waals surface area contributed by atoms with Crippen molar-refractivity contribution in [2.75, 3.05) is 33.7 Å². The summed E-state index contributed by atoms with van der Waals surface area (Å²) in [4.78, 5) is 8.83. The van der Waals surface area contributed by atoms with E-state index in [1.54, 1.807) is 0 Å². The second kappa shape index (κ2) is 5.99. The molecule has 1 aromatic heterocycles. The number of hydrogen-bond donors (Lipinski definition) is 1. The number of hydrogen-bond acceptors (Lipinski definition) is 4. The number of likely N-dealkylation sites (N-methyl/N-ethyl adjacent to an activating group) is 1. The molecule has 0 spiro atoms. The zero-order valence-corrected chi connectivity index (χ0v) is 12.3. The highest BCUT2D eigenvalue weighted by atomic mass is 16.3. The van der Waals surface area contributed by atoms with Crippen LogP contribution < -0.4 is 0 Å². The van der Waals surface area contributed by atoms with Crippen LogP contribution in [-0.2, 0) is 13.0 Å². The first-order chi connectivity index (χ1) is 9.00. The SMILES string of the molecule is CCc1ccc(CN2CC[C@](O)(CN(C)C)C2)nc1. The van der Waals surface area contributed by atoms with E-state index >= 15 is 0 Å². The van der Waals surface area contributed by atoms with Crippen molar-refractivity contribution in [3.63, 3.8) is 0 Å². The Kier molecular flexibility index (Phi) is 4.55. The van der Waals surface area contributed by atoms with Crippen molar-refractivity contribution >= 4 is 0 Å². The van der Waals surface area contributed by atoms with Gasteiger partial charge in [-0.1, -0.05) is 13.0 Å². The van der Waals surface area contributed by atoms with Gasteiger partial charge in [-0.25, -0.2) is 0 Å². The van der Waals surface area contributed by atoms with Gasteiger partial charge in [0.2, 0.25) is 0 Å². The molecule has 1 saturated heterocycles. The first-order valence-corrected chi connectivity index (χ1v) is 7.04. The van der Waals surface area contributed by atoms with Crippen LogP contribution in [0.15, 0.2) is 18.3 Å². The number of nitrogens with zero attached hydrogens (tertiary/aromatic N) is 3. The number of aryl methyl sites for hydroxylation is 1. The summed E-state index contributed by atoms with van der Waals surface area (Å²) in [6, 6.07) is 4.24. The number of rotatable bonds is 5. The topological polar surface area (TPSA) is 39.6 Å². The van der Waals surface area contributed by atoms with Gasteiger partial charge < -0.3 is 10.0 Å². The third-order valence-electron chi connectivity index (χ3n) is 3.70. The molecule has 0 aromatic carbocycles. The molecule has 1 aliphatic rings. The highest BCUT2D eigenvalue weighted by Crippen LogP contribution is 2.23. The lowest BCUT2D eigenvalue weighted by Gasteiger charge is -2.26. The number of aliphatic hydroxyl groups is 1. The molecular weight excluding hydrogens is 238 g/mol. The Hall–Kier alpha value is -0.970. The maximum absolute atomic E-state index is 10.5. The Labute approximate surface area is 116 Å². The highest BCUT2D eigenvalue weighted by Gasteiger charge is 2.36. The lowest BCUT2D eigenvalue weighted by atomic mass is 10.0. The summed E-state index contributed by atoms with van der Waals surface area (Å²) in [5.41, 5.74) is 1.80. The number of pyridine rings is 1. The molecule has 0 aliphatic carbocycles. The second-order valence-electron chi connectivity index (χ2n) is 5.93. The van der Waals surface area contributed by atoms with Gasteiger partial charge in [-0.3, -0.25) is 9.88 Å². The van der Waals surface area contributed by atoms with E-state index in [0.29, 0.717) is 0 Å². The first kappa shape index (κ1) is 14.4. The second-order valence-corrected chi connectivity index (χ2v) is 5.93. The Morgan fingerprint density at radius 1 is 1.42 bits per heavy atom. The third-order valence-corrected chi connectivity index (χ3v) is 3.70. The minimum atomic E-state index is -0.563. The summed E-state index contributed by atoms with van der Waals surface area (Å²) < 4.78 is 0. The molecule has 0 saturated carbocycles. The van der Waals surface area contributed by atoms with Gasteiger partial charge in [-0.15, -0.1) is 0 Å². The van der Waals surface area contributed by atoms with Crippen LogP contribution in [0.5, 0.6) is 0 Å². The average molecular weight is 263 g/mol. The Bertz CT molecular complexity index is 404. The normalized spacial score (nSPS) is 24.3. The standard InChI is InChI=1S/C15H25N3O/c1-4-13-5-6-14(16-9-13)10-18-8-7-15(19,12-18)11-17(2)3/h5-6,9,19H,4,7-8,10-12H2,1-3H3/t15-/m0/s1. The molecule has 1 atom stereocenters. The Balaban J connectivity index is 1.90. The Morgan fingerprint density at radius 3 is 2.79 bits per heavy atom. The van der Waals surface area contributed by atoms with E-state index in [1.165, 1.54) is 5.56 Å². The molecular formula is C15H25N3O. The quantitative estimate of drug-likeness (QED) is 0.865. The lowest BCUT2D eigenvalue weighted by Crippen LogP contribution is -2.42. The number of likely N-dealkylation sites (tertiary alicyclic amines) is 1. The van der Waals surface area contributed by atoms with Crippen molar-refractivity contribution in [2.24, 2.45) is 0 Å². The molecule has 0 radical (unpaired) electrons. The van der Waals surface area contributed by atoms with Crippen molar-refractivity contribution in [3.05, 3.63) is 29.6 Å². The van der Waals surface area contributed by atoms with Crippen molar-refractivity contribution in [2.45, 2.75) is 31.9 Å². The minimum Gasteiger partial charge on any atom is -0.387 e. The van der Waals surface area contributed by atoms with Crippen molar-refractivity contribution in [1.29, 1.82) is 0 Å². The summed E-state index contributed by atoms with van der Waals surface area (Å²) in [6.45, 7) is 5.38. The van der Waals surface area contributed by atoms with E-state index in [0.717, 1.165) is 44.7 Å². The molecule has 106 valence electrons. The first-order valence-electron chi connectivity index (χ1n) is 7.04. The van der Waals surface area contributed by atoms with Crippen LogP contribution in [0.4, 0.5) is 0 Å². The molecule has 0 unspecified atom stereocenters. The molecule has 1 N–H and O–H groups in total. The van der Waals surface area contributed by atoms with Crippen LogP contribution in [-0.4, -0.2) is 59.2 Å². The summed E-state index contributed by atoms with van der Waals surface area (Å²) in [5, 5.41) is 10.5. The zero-order valence-electron chi connectivity index (χ0n) is 12.3. The predicted molar refractivity (Wildman–Crippen MR) is 77.0 cm³/mol. The molecule has 1 aromatic rings. The van der Waals surface area contributed by atoms with Crippen molar-refractivity contribution in [1.82, 2.24) is 14.8 Å². The fourth-order valence-electron chi connectivity index (χ4n) is 2.78. The van der Waals surface area contributed by atoms with Gasteiger partial charge in [-0.2, -0.15) is 0 Å². The summed E-state index contributed by atoms with van der Waals surface area (Å²) in [6.07, 6.45) is 3.83. The lowest BCUT2D eigenvalue weighted by molar-refractivity contribution is 0.0239. The maximum atomic E-state index is 10.5. The summed E-state index contributed by atoms with van der Waals surface area (Å²) >= 11 is 0. The van der Waals surface area contributed by atoms with Crippen molar-refractivity contribution in [3.8, 4) is 0 Å². The number of β-amino-alcohol motifs (C(OH)–C–C–N with tert-alkyl or cyclic N) is 1. The predicted octanol–water partition coefficient (Wildman–Crippen LogP) is 1.14. The molecule has 2 rings (SSSR count). The maximum Gasteiger partial charge on any atom is 0.0912 e. The van der Waals surface area contributed by atoms with E-state index in [-0.39, 0.29) is 0 Å². The summed E-state index contributed by atoms with van der Waals surface area (Å²) in [7, 11) is 4.01. The fraction of sp³-hybridized carbons (Fsp3) is 0.667. The molecule has 1 fully saturated rings. The molecule has 4 nitrogen and oxygen atoms in total. The van der Waals surface area contributed by atoms with Crippen molar-refractivity contribution < 1.29 is 5.11 Å². The third kappa shape index (κ3) is 4.00. The fourth-order valence-corrected chi connectivity index (χ4v) is 2.78. The van der Waals surface area contributed by atoms with E-state index in [2.05, 4.69) is 33.8 Å². The van der Waals surface area contributed by atoms with Gasteiger partial charge >= 0.3 is 0 Å². The van der Waals surface area contributed by atoms with Gasteiger partial charge in [0, 0.05) is 32.4 Å². The number of aromatic nitrogens is 1. The molecule has 2 heterocycles. The monoisotopic (exact) mass is 263 g/mol. The average Bonchev–Trinajstić information content (AvgIpc) is 2.70. The van der Waals surface area contributed by atoms with Crippen LogP contribution >= 0.6 is 0 Å². The van der Waals surface area contributed by atoms with E-state index in [1.807, 2.05) is 20.3 Å². The zero-order chi connectivity index (χ0) is 13.9. The van der Waals surface area contributed by atoms with E-state index < -0.39 is 5.60 Å². The van der Waals surface area contributed by atoms with Crippen LogP contribution in [0.3, 0.4) is 0 Å². The van der Waals surface area contributed by atoms with Crippen LogP contribution in [0.1, 0.15) is 24.6 Å². The van der Waals surface area contributed by atoms with E-state index in [9.17, 15) is 5.11 Å². The largest absolute Gasteiger partial charge is 0.387 e. The van der Waals surface area contributed by atoms with Crippen LogP contribution in [0, 0.1) is 0 Å². The van der Waals surface area contributed by atoms with Crippen LogP contribution in [0.25, 0.3) is 0 Å². The molecule has 1 aliphatic heterocycles. The highest BCUT2D eigenvalue weighted by molar-refractivity contribution is 5.14. The summed E-state index contributed by atoms with van der Waals surface area (Å²) in [5.74, 6) is 0.